The minimum Gasteiger partial charge on any atom is -0.454 e. The van der Waals surface area contributed by atoms with E-state index in [2.05, 4.69) is 31.4 Å². The van der Waals surface area contributed by atoms with Crippen molar-refractivity contribution in [3.63, 3.8) is 0 Å². The summed E-state index contributed by atoms with van der Waals surface area (Å²) in [7, 11) is 0. The third kappa shape index (κ3) is 4.60. The molecule has 0 unspecified atom stereocenters. The highest BCUT2D eigenvalue weighted by Crippen LogP contribution is 2.46. The molecule has 1 saturated carbocycles. The minimum atomic E-state index is -0.918. The van der Waals surface area contributed by atoms with Gasteiger partial charge in [0, 0.05) is 30.8 Å². The summed E-state index contributed by atoms with van der Waals surface area (Å²) in [5, 5.41) is 5.84. The summed E-state index contributed by atoms with van der Waals surface area (Å²) in [4.78, 5) is 54.6. The van der Waals surface area contributed by atoms with Crippen molar-refractivity contribution in [2.75, 3.05) is 31.7 Å². The Morgan fingerprint density at radius 3 is 2.56 bits per heavy atom. The van der Waals surface area contributed by atoms with Crippen LogP contribution >= 0.6 is 0 Å². The monoisotopic (exact) mass is 498 g/mol. The number of anilines is 1. The molecule has 194 valence electrons. The van der Waals surface area contributed by atoms with E-state index < -0.39 is 11.6 Å². The molecule has 10 nitrogen and oxygen atoms in total. The first-order valence-electron chi connectivity index (χ1n) is 12.7. The number of carbonyl (C=O) groups excluding carboxylic acids is 4. The number of benzene rings is 1. The maximum Gasteiger partial charge on any atom is 0.325 e. The van der Waals surface area contributed by atoms with Crippen LogP contribution in [0.1, 0.15) is 52.9 Å². The van der Waals surface area contributed by atoms with E-state index in [-0.39, 0.29) is 42.4 Å². The van der Waals surface area contributed by atoms with E-state index in [0.717, 1.165) is 11.3 Å². The van der Waals surface area contributed by atoms with Crippen LogP contribution in [0, 0.1) is 17.3 Å². The second-order valence-corrected chi connectivity index (χ2v) is 11.5. The molecule has 3 aliphatic heterocycles. The molecule has 1 aromatic rings. The lowest BCUT2D eigenvalue weighted by Crippen LogP contribution is -2.54. The van der Waals surface area contributed by atoms with Crippen molar-refractivity contribution in [1.82, 2.24) is 15.1 Å². The fourth-order valence-corrected chi connectivity index (χ4v) is 6.49. The molecule has 0 aromatic heterocycles. The lowest BCUT2D eigenvalue weighted by atomic mass is 9.64. The number of hydrogen-bond donors (Lipinski definition) is 2. The van der Waals surface area contributed by atoms with Gasteiger partial charge < -0.3 is 25.0 Å². The number of urea groups is 1. The van der Waals surface area contributed by atoms with E-state index in [0.29, 0.717) is 61.9 Å². The topological polar surface area (TPSA) is 117 Å². The van der Waals surface area contributed by atoms with Gasteiger partial charge in [0.15, 0.2) is 11.5 Å². The smallest absolute Gasteiger partial charge is 0.325 e. The Morgan fingerprint density at radius 2 is 1.83 bits per heavy atom. The van der Waals surface area contributed by atoms with E-state index in [1.54, 1.807) is 23.1 Å². The number of ether oxygens (including phenoxy) is 2. The van der Waals surface area contributed by atoms with Gasteiger partial charge in [0.2, 0.25) is 18.6 Å². The van der Waals surface area contributed by atoms with Gasteiger partial charge in [0.1, 0.15) is 12.1 Å². The Balaban J connectivity index is 1.14. The van der Waals surface area contributed by atoms with Crippen molar-refractivity contribution in [2.45, 2.75) is 58.4 Å². The number of imide groups is 1. The van der Waals surface area contributed by atoms with Gasteiger partial charge in [0.25, 0.3) is 5.91 Å². The van der Waals surface area contributed by atoms with Crippen molar-refractivity contribution in [3.8, 4) is 11.5 Å². The number of fused-ring (bicyclic) bond motifs is 1. The Kier molecular flexibility index (Phi) is 6.08. The fourth-order valence-electron chi connectivity index (χ4n) is 6.49. The van der Waals surface area contributed by atoms with Gasteiger partial charge in [-0.1, -0.05) is 20.8 Å². The van der Waals surface area contributed by atoms with Gasteiger partial charge in [-0.2, -0.15) is 0 Å². The highest BCUT2D eigenvalue weighted by Gasteiger charge is 2.56. The quantitative estimate of drug-likeness (QED) is 0.617. The molecule has 2 saturated heterocycles. The molecule has 3 heterocycles. The molecule has 10 heteroatoms. The van der Waals surface area contributed by atoms with Crippen LogP contribution < -0.4 is 20.1 Å². The number of hydrogen-bond acceptors (Lipinski definition) is 6. The number of amides is 5. The van der Waals surface area contributed by atoms with Gasteiger partial charge >= 0.3 is 6.03 Å². The first-order chi connectivity index (χ1) is 17.1. The third-order valence-corrected chi connectivity index (χ3v) is 7.78. The molecule has 2 N–H and O–H groups in total. The molecule has 1 aromatic carbocycles. The zero-order valence-corrected chi connectivity index (χ0v) is 21.1. The van der Waals surface area contributed by atoms with Crippen LogP contribution in [0.15, 0.2) is 18.2 Å². The van der Waals surface area contributed by atoms with Crippen molar-refractivity contribution >= 4 is 29.4 Å². The van der Waals surface area contributed by atoms with E-state index in [4.69, 9.17) is 9.47 Å². The number of rotatable bonds is 4. The first kappa shape index (κ1) is 24.4. The second kappa shape index (κ2) is 8.97. The predicted molar refractivity (Wildman–Crippen MR) is 130 cm³/mol. The number of carbonyl (C=O) groups is 4. The molecular weight excluding hydrogens is 464 g/mol. The summed E-state index contributed by atoms with van der Waals surface area (Å²) in [6.07, 6.45) is 3.18. The molecule has 5 amide bonds. The molecule has 5 rings (SSSR count). The standard InChI is InChI=1S/C26H34N4O6/c1-16-11-25(2,3)14-26(12-16)23(33)30(24(34)28-26)13-21(31)29-8-6-17(7-9-29)22(32)27-18-4-5-19-20(10-18)36-15-35-19/h4-5,10,16-17H,6-9,11-15H2,1-3H3,(H,27,32)(H,28,34)/t16-,26+/m0/s1. The minimum absolute atomic E-state index is 0.0658. The number of piperidine rings is 1. The van der Waals surface area contributed by atoms with E-state index >= 15 is 0 Å². The van der Waals surface area contributed by atoms with E-state index in [1.807, 2.05) is 0 Å². The summed E-state index contributed by atoms with van der Waals surface area (Å²) in [5.41, 5.74) is -0.349. The molecule has 3 fully saturated rings. The van der Waals surface area contributed by atoms with Gasteiger partial charge in [-0.15, -0.1) is 0 Å². The van der Waals surface area contributed by atoms with Crippen LogP contribution in [-0.2, 0) is 14.4 Å². The number of nitrogens with zero attached hydrogens (tertiary/aromatic N) is 2. The predicted octanol–water partition coefficient (Wildman–Crippen LogP) is 2.73. The molecule has 4 aliphatic rings. The number of likely N-dealkylation sites (tertiary alicyclic amines) is 1. The molecule has 0 bridgehead atoms. The van der Waals surface area contributed by atoms with Crippen molar-refractivity contribution in [2.24, 2.45) is 17.3 Å². The maximum atomic E-state index is 13.3. The zero-order valence-electron chi connectivity index (χ0n) is 21.1. The van der Waals surface area contributed by atoms with Crippen molar-refractivity contribution in [3.05, 3.63) is 18.2 Å². The highest BCUT2D eigenvalue weighted by atomic mass is 16.7. The van der Waals surface area contributed by atoms with Crippen LogP contribution in [-0.4, -0.2) is 65.5 Å². The Bertz CT molecular complexity index is 1100. The molecule has 36 heavy (non-hydrogen) atoms. The van der Waals surface area contributed by atoms with Crippen molar-refractivity contribution < 1.29 is 28.7 Å². The normalized spacial score (nSPS) is 27.4. The van der Waals surface area contributed by atoms with Crippen LogP contribution in [0.4, 0.5) is 10.5 Å². The molecule has 0 radical (unpaired) electrons. The zero-order chi connectivity index (χ0) is 25.7. The summed E-state index contributed by atoms with van der Waals surface area (Å²) in [6, 6.07) is 4.77. The fraction of sp³-hybridized carbons (Fsp3) is 0.615. The Labute approximate surface area is 210 Å². The third-order valence-electron chi connectivity index (χ3n) is 7.78. The summed E-state index contributed by atoms with van der Waals surface area (Å²) >= 11 is 0. The largest absolute Gasteiger partial charge is 0.454 e. The lowest BCUT2D eigenvalue weighted by Gasteiger charge is -2.43. The Hall–Kier alpha value is -3.30. The molecular formula is C26H34N4O6. The van der Waals surface area contributed by atoms with E-state index in [1.165, 1.54) is 0 Å². The van der Waals surface area contributed by atoms with Crippen LogP contribution in [0.5, 0.6) is 11.5 Å². The summed E-state index contributed by atoms with van der Waals surface area (Å²) < 4.78 is 10.6. The van der Waals surface area contributed by atoms with Gasteiger partial charge in [0.05, 0.1) is 0 Å². The molecule has 1 spiro atoms. The van der Waals surface area contributed by atoms with Gasteiger partial charge in [-0.3, -0.25) is 19.3 Å². The van der Waals surface area contributed by atoms with Crippen molar-refractivity contribution in [1.29, 1.82) is 0 Å². The van der Waals surface area contributed by atoms with E-state index in [9.17, 15) is 19.2 Å². The average molecular weight is 499 g/mol. The number of nitrogens with one attached hydrogen (secondary N) is 2. The maximum absolute atomic E-state index is 13.3. The average Bonchev–Trinajstić information content (AvgIpc) is 3.35. The van der Waals surface area contributed by atoms with Crippen LogP contribution in [0.25, 0.3) is 0 Å². The first-order valence-corrected chi connectivity index (χ1v) is 12.7. The summed E-state index contributed by atoms with van der Waals surface area (Å²) in [5.74, 6) is 0.652. The van der Waals surface area contributed by atoms with Gasteiger partial charge in [-0.25, -0.2) is 4.79 Å². The lowest BCUT2D eigenvalue weighted by molar-refractivity contribution is -0.141. The SMILES string of the molecule is C[C@H]1CC(C)(C)C[C@@]2(C1)NC(=O)N(CC(=O)N1CCC(C(=O)Nc3ccc4c(c3)OCO4)CC1)C2=O. The van der Waals surface area contributed by atoms with Crippen LogP contribution in [0.2, 0.25) is 0 Å². The van der Waals surface area contributed by atoms with Crippen LogP contribution in [0.3, 0.4) is 0 Å². The molecule has 2 atom stereocenters. The Morgan fingerprint density at radius 1 is 1.11 bits per heavy atom. The highest BCUT2D eigenvalue weighted by molar-refractivity contribution is 6.09. The van der Waals surface area contributed by atoms with Gasteiger partial charge in [-0.05, 0) is 55.6 Å². The summed E-state index contributed by atoms with van der Waals surface area (Å²) in [6.45, 7) is 7.03. The molecule has 1 aliphatic carbocycles. The second-order valence-electron chi connectivity index (χ2n) is 11.5.